The Balaban J connectivity index is 1.91. The third kappa shape index (κ3) is 5.34. The number of Topliss-reactive ketones (excluding diaryl/α,β-unsaturated/α-hetero) is 1. The van der Waals surface area contributed by atoms with Gasteiger partial charge in [0.05, 0.1) is 12.0 Å². The fourth-order valence-corrected chi connectivity index (χ4v) is 2.52. The minimum absolute atomic E-state index is 0.0515. The van der Waals surface area contributed by atoms with E-state index in [9.17, 15) is 9.59 Å². The summed E-state index contributed by atoms with van der Waals surface area (Å²) in [4.78, 5) is 23.9. The summed E-state index contributed by atoms with van der Waals surface area (Å²) in [5.74, 6) is -0.656. The highest BCUT2D eigenvalue weighted by Crippen LogP contribution is 2.20. The van der Waals surface area contributed by atoms with Gasteiger partial charge in [0.15, 0.2) is 0 Å². The molecule has 2 rings (SSSR count). The Morgan fingerprint density at radius 1 is 0.875 bits per heavy atom. The minimum atomic E-state index is -0.400. The molecule has 126 valence electrons. The van der Waals surface area contributed by atoms with Crippen molar-refractivity contribution in [1.29, 1.82) is 0 Å². The fourth-order valence-electron chi connectivity index (χ4n) is 2.52. The van der Waals surface area contributed by atoms with Gasteiger partial charge in [0, 0.05) is 12.8 Å². The average molecular weight is 324 g/mol. The van der Waals surface area contributed by atoms with Crippen LogP contribution in [-0.2, 0) is 20.7 Å². The second-order valence-corrected chi connectivity index (χ2v) is 6.37. The average Bonchev–Trinajstić information content (AvgIpc) is 2.55. The van der Waals surface area contributed by atoms with Gasteiger partial charge in [0.2, 0.25) is 0 Å². The van der Waals surface area contributed by atoms with Crippen molar-refractivity contribution in [1.82, 2.24) is 0 Å². The number of hydrogen-bond donors (Lipinski definition) is 0. The molecule has 0 saturated carbocycles. The van der Waals surface area contributed by atoms with Crippen molar-refractivity contribution in [3.05, 3.63) is 60.2 Å². The van der Waals surface area contributed by atoms with Gasteiger partial charge in [-0.2, -0.15) is 0 Å². The van der Waals surface area contributed by atoms with Gasteiger partial charge in [0.1, 0.15) is 5.78 Å². The van der Waals surface area contributed by atoms with Crippen LogP contribution in [0.25, 0.3) is 11.1 Å². The van der Waals surface area contributed by atoms with Crippen LogP contribution in [0, 0.1) is 5.92 Å². The maximum atomic E-state index is 12.2. The summed E-state index contributed by atoms with van der Waals surface area (Å²) in [6.07, 6.45) is 0.404. The van der Waals surface area contributed by atoms with E-state index in [0.29, 0.717) is 6.42 Å². The van der Waals surface area contributed by atoms with Crippen LogP contribution in [0.3, 0.4) is 0 Å². The Hall–Kier alpha value is -2.42. The second kappa shape index (κ2) is 8.44. The third-order valence-corrected chi connectivity index (χ3v) is 3.75. The molecule has 0 aromatic heterocycles. The maximum Gasteiger partial charge on any atom is 0.309 e. The van der Waals surface area contributed by atoms with Crippen LogP contribution in [0.2, 0.25) is 0 Å². The van der Waals surface area contributed by atoms with Crippen LogP contribution >= 0.6 is 0 Å². The van der Waals surface area contributed by atoms with E-state index in [1.807, 2.05) is 42.5 Å². The summed E-state index contributed by atoms with van der Waals surface area (Å²) in [5.41, 5.74) is 3.24. The topological polar surface area (TPSA) is 43.4 Å². The van der Waals surface area contributed by atoms with E-state index in [-0.39, 0.29) is 24.3 Å². The summed E-state index contributed by atoms with van der Waals surface area (Å²) in [5, 5.41) is 0. The van der Waals surface area contributed by atoms with Crippen LogP contribution in [0.5, 0.6) is 0 Å². The molecular weight excluding hydrogens is 300 g/mol. The summed E-state index contributed by atoms with van der Waals surface area (Å²) >= 11 is 0. The van der Waals surface area contributed by atoms with Crippen LogP contribution in [0.15, 0.2) is 54.6 Å². The number of hydrogen-bond acceptors (Lipinski definition) is 3. The Bertz CT molecular complexity index is 672. The first-order chi connectivity index (χ1) is 11.5. The van der Waals surface area contributed by atoms with E-state index in [4.69, 9.17) is 4.74 Å². The predicted octanol–water partition coefficient (Wildman–Crippen LogP) is 4.44. The van der Waals surface area contributed by atoms with Gasteiger partial charge in [-0.1, -0.05) is 61.5 Å². The molecule has 3 heteroatoms. The quantitative estimate of drug-likeness (QED) is 0.707. The molecule has 1 atom stereocenters. The number of esters is 1. The van der Waals surface area contributed by atoms with Gasteiger partial charge >= 0.3 is 5.97 Å². The maximum absolute atomic E-state index is 12.2. The van der Waals surface area contributed by atoms with Crippen LogP contribution in [0.4, 0.5) is 0 Å². The SMILES string of the molecule is CC(C)OC(=O)[C@H](C)CC(=O)Cc1ccc(-c2ccccc2)cc1. The molecule has 0 aliphatic carbocycles. The summed E-state index contributed by atoms with van der Waals surface area (Å²) in [6.45, 7) is 5.35. The Morgan fingerprint density at radius 2 is 1.46 bits per heavy atom. The molecule has 0 aliphatic heterocycles. The molecule has 2 aromatic rings. The van der Waals surface area contributed by atoms with Gasteiger partial charge in [-0.25, -0.2) is 0 Å². The van der Waals surface area contributed by atoms with Gasteiger partial charge in [-0.05, 0) is 30.5 Å². The molecule has 0 radical (unpaired) electrons. The van der Waals surface area contributed by atoms with Crippen molar-refractivity contribution in [3.8, 4) is 11.1 Å². The molecule has 24 heavy (non-hydrogen) atoms. The monoisotopic (exact) mass is 324 g/mol. The molecule has 2 aromatic carbocycles. The zero-order valence-corrected chi connectivity index (χ0v) is 14.5. The number of benzene rings is 2. The number of rotatable bonds is 7. The van der Waals surface area contributed by atoms with Crippen LogP contribution < -0.4 is 0 Å². The number of ether oxygens (including phenoxy) is 1. The van der Waals surface area contributed by atoms with E-state index in [1.54, 1.807) is 20.8 Å². The zero-order valence-electron chi connectivity index (χ0n) is 14.5. The van der Waals surface area contributed by atoms with Gasteiger partial charge < -0.3 is 4.74 Å². The van der Waals surface area contributed by atoms with E-state index in [0.717, 1.165) is 16.7 Å². The second-order valence-electron chi connectivity index (χ2n) is 6.37. The van der Waals surface area contributed by atoms with Crippen molar-refractivity contribution in [2.45, 2.75) is 39.7 Å². The molecule has 0 fully saturated rings. The van der Waals surface area contributed by atoms with E-state index in [2.05, 4.69) is 12.1 Å². The Morgan fingerprint density at radius 3 is 2.04 bits per heavy atom. The molecule has 0 bridgehead atoms. The molecular formula is C21H24O3. The molecule has 0 N–H and O–H groups in total. The zero-order chi connectivity index (χ0) is 17.5. The highest BCUT2D eigenvalue weighted by molar-refractivity contribution is 5.86. The lowest BCUT2D eigenvalue weighted by Crippen LogP contribution is -2.22. The van der Waals surface area contributed by atoms with Crippen molar-refractivity contribution in [3.63, 3.8) is 0 Å². The molecule has 0 heterocycles. The largest absolute Gasteiger partial charge is 0.463 e. The fraction of sp³-hybridized carbons (Fsp3) is 0.333. The molecule has 0 aliphatic rings. The standard InChI is InChI=1S/C21H24O3/c1-15(2)24-21(23)16(3)13-20(22)14-17-9-11-19(12-10-17)18-7-5-4-6-8-18/h4-12,15-16H,13-14H2,1-3H3/t16-/m1/s1. The first-order valence-corrected chi connectivity index (χ1v) is 8.32. The summed E-state index contributed by atoms with van der Waals surface area (Å²) in [6, 6.07) is 18.1. The summed E-state index contributed by atoms with van der Waals surface area (Å²) in [7, 11) is 0. The highest BCUT2D eigenvalue weighted by Gasteiger charge is 2.19. The first kappa shape index (κ1) is 17.9. The number of carbonyl (C=O) groups excluding carboxylic acids is 2. The summed E-state index contributed by atoms with van der Waals surface area (Å²) < 4.78 is 5.14. The lowest BCUT2D eigenvalue weighted by Gasteiger charge is -2.13. The van der Waals surface area contributed by atoms with E-state index < -0.39 is 5.92 Å². The smallest absolute Gasteiger partial charge is 0.309 e. The predicted molar refractivity (Wildman–Crippen MR) is 95.6 cm³/mol. The molecule has 0 unspecified atom stereocenters. The Kier molecular flexibility index (Phi) is 6.30. The first-order valence-electron chi connectivity index (χ1n) is 8.32. The molecule has 0 amide bonds. The van der Waals surface area contributed by atoms with Crippen molar-refractivity contribution < 1.29 is 14.3 Å². The molecule has 3 nitrogen and oxygen atoms in total. The highest BCUT2D eigenvalue weighted by atomic mass is 16.5. The third-order valence-electron chi connectivity index (χ3n) is 3.75. The number of carbonyl (C=O) groups is 2. The van der Waals surface area contributed by atoms with Crippen molar-refractivity contribution >= 4 is 11.8 Å². The lowest BCUT2D eigenvalue weighted by molar-refractivity contribution is -0.153. The van der Waals surface area contributed by atoms with E-state index in [1.165, 1.54) is 0 Å². The Labute approximate surface area is 143 Å². The van der Waals surface area contributed by atoms with Gasteiger partial charge in [-0.15, -0.1) is 0 Å². The normalized spacial score (nSPS) is 12.0. The van der Waals surface area contributed by atoms with Crippen molar-refractivity contribution in [2.24, 2.45) is 5.92 Å². The lowest BCUT2D eigenvalue weighted by atomic mass is 9.98. The van der Waals surface area contributed by atoms with Gasteiger partial charge in [-0.3, -0.25) is 9.59 Å². The molecule has 0 saturated heterocycles. The minimum Gasteiger partial charge on any atom is -0.463 e. The van der Waals surface area contributed by atoms with Crippen LogP contribution in [-0.4, -0.2) is 17.9 Å². The number of ketones is 1. The van der Waals surface area contributed by atoms with E-state index >= 15 is 0 Å². The molecule has 0 spiro atoms. The van der Waals surface area contributed by atoms with Gasteiger partial charge in [0.25, 0.3) is 0 Å². The van der Waals surface area contributed by atoms with Crippen molar-refractivity contribution in [2.75, 3.05) is 0 Å². The van der Waals surface area contributed by atoms with Crippen LogP contribution in [0.1, 0.15) is 32.8 Å².